The average Bonchev–Trinajstić information content (AvgIpc) is 2.39. The fourth-order valence-electron chi connectivity index (χ4n) is 1.31. The largest absolute Gasteiger partial charge is 0.462 e. The molecular weight excluding hydrogens is 248 g/mol. The van der Waals surface area contributed by atoms with Crippen molar-refractivity contribution in [1.82, 2.24) is 5.32 Å². The monoisotopic (exact) mass is 262 g/mol. The van der Waals surface area contributed by atoms with Crippen LogP contribution in [0.1, 0.15) is 17.3 Å². The summed E-state index contributed by atoms with van der Waals surface area (Å²) >= 11 is 0. The molecule has 2 amide bonds. The maximum absolute atomic E-state index is 12.1. The Hall–Kier alpha value is -2.63. The lowest BCUT2D eigenvalue weighted by Crippen LogP contribution is -2.27. The van der Waals surface area contributed by atoms with E-state index in [-0.39, 0.29) is 12.2 Å². The van der Waals surface area contributed by atoms with E-state index in [4.69, 9.17) is 10.5 Å². The second kappa shape index (κ2) is 6.95. The zero-order valence-electron chi connectivity index (χ0n) is 10.4. The van der Waals surface area contributed by atoms with E-state index in [2.05, 4.69) is 5.32 Å². The van der Waals surface area contributed by atoms with E-state index < -0.39 is 17.8 Å². The number of nitrogens with one attached hydrogen (secondary N) is 1. The zero-order valence-corrected chi connectivity index (χ0v) is 10.4. The molecule has 0 saturated heterocycles. The van der Waals surface area contributed by atoms with Crippen molar-refractivity contribution in [1.29, 1.82) is 0 Å². The van der Waals surface area contributed by atoms with Crippen molar-refractivity contribution in [3.8, 4) is 0 Å². The van der Waals surface area contributed by atoms with Crippen LogP contribution in [-0.2, 0) is 9.53 Å². The summed E-state index contributed by atoms with van der Waals surface area (Å²) < 4.78 is 4.76. The van der Waals surface area contributed by atoms with Crippen molar-refractivity contribution >= 4 is 17.8 Å². The van der Waals surface area contributed by atoms with Crippen molar-refractivity contribution in [3.63, 3.8) is 0 Å². The molecule has 6 heteroatoms. The van der Waals surface area contributed by atoms with Gasteiger partial charge in [-0.1, -0.05) is 30.3 Å². The lowest BCUT2D eigenvalue weighted by Gasteiger charge is -2.06. The van der Waals surface area contributed by atoms with Gasteiger partial charge in [0, 0.05) is 11.8 Å². The maximum atomic E-state index is 12.1. The summed E-state index contributed by atoms with van der Waals surface area (Å²) in [6.45, 7) is 1.73. The third-order valence-corrected chi connectivity index (χ3v) is 2.13. The molecule has 0 radical (unpaired) electrons. The summed E-state index contributed by atoms with van der Waals surface area (Å²) in [5.74, 6) is -1.36. The third-order valence-electron chi connectivity index (χ3n) is 2.13. The number of primary amides is 1. The van der Waals surface area contributed by atoms with Gasteiger partial charge in [0.1, 0.15) is 5.57 Å². The number of amides is 2. The van der Waals surface area contributed by atoms with Gasteiger partial charge in [-0.3, -0.25) is 4.79 Å². The number of esters is 1. The second-order valence-corrected chi connectivity index (χ2v) is 3.48. The third kappa shape index (κ3) is 4.27. The molecule has 6 nitrogen and oxygen atoms in total. The zero-order chi connectivity index (χ0) is 14.3. The van der Waals surface area contributed by atoms with Crippen molar-refractivity contribution in [2.45, 2.75) is 6.92 Å². The number of urea groups is 1. The molecule has 0 heterocycles. The number of carbonyl (C=O) groups is 3. The van der Waals surface area contributed by atoms with Crippen LogP contribution in [0.15, 0.2) is 42.1 Å². The maximum Gasteiger partial charge on any atom is 0.343 e. The van der Waals surface area contributed by atoms with Crippen LogP contribution < -0.4 is 11.1 Å². The molecule has 100 valence electrons. The Kier molecular flexibility index (Phi) is 5.28. The van der Waals surface area contributed by atoms with Crippen LogP contribution in [0.25, 0.3) is 0 Å². The molecule has 0 bridgehead atoms. The lowest BCUT2D eigenvalue weighted by atomic mass is 10.0. The van der Waals surface area contributed by atoms with Gasteiger partial charge in [-0.15, -0.1) is 0 Å². The summed E-state index contributed by atoms with van der Waals surface area (Å²) in [5.41, 5.74) is 4.92. The molecule has 19 heavy (non-hydrogen) atoms. The molecule has 1 rings (SSSR count). The van der Waals surface area contributed by atoms with Crippen molar-refractivity contribution in [3.05, 3.63) is 47.7 Å². The minimum Gasteiger partial charge on any atom is -0.462 e. The highest BCUT2D eigenvalue weighted by Crippen LogP contribution is 2.09. The first kappa shape index (κ1) is 14.4. The van der Waals surface area contributed by atoms with Gasteiger partial charge in [0.25, 0.3) is 0 Å². The van der Waals surface area contributed by atoms with E-state index in [1.165, 1.54) is 0 Å². The highest BCUT2D eigenvalue weighted by atomic mass is 16.5. The number of ketones is 1. The first-order chi connectivity index (χ1) is 9.06. The van der Waals surface area contributed by atoms with Gasteiger partial charge in [-0.2, -0.15) is 0 Å². The van der Waals surface area contributed by atoms with E-state index in [0.717, 1.165) is 6.20 Å². The molecule has 0 aliphatic rings. The lowest BCUT2D eigenvalue weighted by molar-refractivity contribution is -0.138. The molecule has 0 atom stereocenters. The number of nitrogens with two attached hydrogens (primary N) is 1. The van der Waals surface area contributed by atoms with E-state index in [0.29, 0.717) is 5.56 Å². The first-order valence-electron chi connectivity index (χ1n) is 5.59. The van der Waals surface area contributed by atoms with Gasteiger partial charge in [-0.25, -0.2) is 9.59 Å². The standard InChI is InChI=1S/C13H14N2O4/c1-2-19-12(17)10(8-15-13(14)18)11(16)9-6-4-3-5-7-9/h3-8H,2H2,1H3,(H3,14,15,18). The highest BCUT2D eigenvalue weighted by Gasteiger charge is 2.21. The second-order valence-electron chi connectivity index (χ2n) is 3.48. The Morgan fingerprint density at radius 2 is 1.89 bits per heavy atom. The molecule has 1 aromatic rings. The summed E-state index contributed by atoms with van der Waals surface area (Å²) in [6, 6.07) is 7.31. The van der Waals surface area contributed by atoms with Crippen molar-refractivity contribution < 1.29 is 19.1 Å². The van der Waals surface area contributed by atoms with E-state index >= 15 is 0 Å². The minimum atomic E-state index is -0.873. The number of benzene rings is 1. The number of Topliss-reactive ketones (excluding diaryl/α,β-unsaturated/α-hetero) is 1. The summed E-state index contributed by atoms with van der Waals surface area (Å²) in [7, 11) is 0. The molecule has 0 aromatic heterocycles. The van der Waals surface area contributed by atoms with E-state index in [9.17, 15) is 14.4 Å². The quantitative estimate of drug-likeness (QED) is 0.272. The minimum absolute atomic E-state index is 0.120. The molecular formula is C13H14N2O4. The van der Waals surface area contributed by atoms with Crippen LogP contribution in [0.3, 0.4) is 0 Å². The molecule has 0 saturated carbocycles. The molecule has 0 fully saturated rings. The van der Waals surface area contributed by atoms with Gasteiger partial charge in [-0.05, 0) is 6.92 Å². The van der Waals surface area contributed by atoms with Gasteiger partial charge >= 0.3 is 12.0 Å². The Labute approximate surface area is 110 Å². The van der Waals surface area contributed by atoms with Crippen LogP contribution in [0.5, 0.6) is 0 Å². The van der Waals surface area contributed by atoms with Crippen molar-refractivity contribution in [2.75, 3.05) is 6.61 Å². The van der Waals surface area contributed by atoms with E-state index in [1.807, 2.05) is 0 Å². The Bertz CT molecular complexity index is 509. The Morgan fingerprint density at radius 1 is 1.26 bits per heavy atom. The van der Waals surface area contributed by atoms with Crippen LogP contribution >= 0.6 is 0 Å². The predicted octanol–water partition coefficient (Wildman–Crippen LogP) is 0.985. The fourth-order valence-corrected chi connectivity index (χ4v) is 1.31. The predicted molar refractivity (Wildman–Crippen MR) is 68.2 cm³/mol. The van der Waals surface area contributed by atoms with Gasteiger partial charge in [0.15, 0.2) is 0 Å². The number of hydrogen-bond acceptors (Lipinski definition) is 4. The molecule has 0 aliphatic heterocycles. The normalized spacial score (nSPS) is 10.7. The van der Waals surface area contributed by atoms with Crippen LogP contribution in [0.2, 0.25) is 0 Å². The Balaban J connectivity index is 3.03. The van der Waals surface area contributed by atoms with Crippen LogP contribution in [0, 0.1) is 0 Å². The van der Waals surface area contributed by atoms with Gasteiger partial charge in [0.2, 0.25) is 5.78 Å². The van der Waals surface area contributed by atoms with Gasteiger partial charge in [0.05, 0.1) is 6.61 Å². The van der Waals surface area contributed by atoms with E-state index in [1.54, 1.807) is 37.3 Å². The molecule has 0 unspecified atom stereocenters. The summed E-state index contributed by atoms with van der Waals surface area (Å²) in [4.78, 5) is 34.4. The number of ether oxygens (including phenoxy) is 1. The van der Waals surface area contributed by atoms with Gasteiger partial charge < -0.3 is 15.8 Å². The highest BCUT2D eigenvalue weighted by molar-refractivity contribution is 6.24. The molecule has 0 spiro atoms. The molecule has 0 aliphatic carbocycles. The van der Waals surface area contributed by atoms with Crippen LogP contribution in [-0.4, -0.2) is 24.4 Å². The Morgan fingerprint density at radius 3 is 2.42 bits per heavy atom. The van der Waals surface area contributed by atoms with Crippen LogP contribution in [0.4, 0.5) is 4.79 Å². The smallest absolute Gasteiger partial charge is 0.343 e. The SMILES string of the molecule is CCOC(=O)C(=CNC(N)=O)C(=O)c1ccccc1. The van der Waals surface area contributed by atoms with Crippen molar-refractivity contribution in [2.24, 2.45) is 5.73 Å². The number of carbonyl (C=O) groups excluding carboxylic acids is 3. The fraction of sp³-hybridized carbons (Fsp3) is 0.154. The average molecular weight is 262 g/mol. The number of rotatable bonds is 5. The first-order valence-corrected chi connectivity index (χ1v) is 5.59. The molecule has 3 N–H and O–H groups in total. The summed E-state index contributed by atoms with van der Waals surface area (Å²) in [6.07, 6.45) is 0.954. The summed E-state index contributed by atoms with van der Waals surface area (Å²) in [5, 5.41) is 2.09. The molecule has 1 aromatic carbocycles. The number of hydrogen-bond donors (Lipinski definition) is 2. The topological polar surface area (TPSA) is 98.5 Å².